The topological polar surface area (TPSA) is 48.9 Å². The van der Waals surface area contributed by atoms with Crippen LogP contribution in [0.3, 0.4) is 0 Å². The van der Waals surface area contributed by atoms with Crippen molar-refractivity contribution in [2.24, 2.45) is 7.05 Å². The van der Waals surface area contributed by atoms with Gasteiger partial charge in [0.25, 0.3) is 5.82 Å². The van der Waals surface area contributed by atoms with E-state index < -0.39 is 5.97 Å². The number of carbonyl (C=O) groups excluding carboxylic acids is 1. The molecule has 0 aliphatic carbocycles. The van der Waals surface area contributed by atoms with Gasteiger partial charge in [-0.05, 0) is 6.42 Å². The molecule has 0 atom stereocenters. The lowest BCUT2D eigenvalue weighted by Crippen LogP contribution is -2.34. The number of aliphatic carboxylic acids is 1. The number of aryl methyl sites for hydroxylation is 1. The number of rotatable bonds is 4. The molecule has 0 bridgehead atoms. The zero-order chi connectivity index (χ0) is 9.84. The number of hydrogen-bond donors (Lipinski definition) is 0. The molecule has 0 radical (unpaired) electrons. The van der Waals surface area contributed by atoms with Gasteiger partial charge in [-0.1, -0.05) is 6.92 Å². The smallest absolute Gasteiger partial charge is 0.256 e. The van der Waals surface area contributed by atoms with Crippen LogP contribution in [0.1, 0.15) is 19.2 Å². The lowest BCUT2D eigenvalue weighted by atomic mass is 10.3. The quantitative estimate of drug-likeness (QED) is 0.562. The third kappa shape index (κ3) is 2.31. The SMILES string of the molecule is CCCc1n(CC(=O)[O-])cc[n+]1C. The Morgan fingerprint density at radius 1 is 1.69 bits per heavy atom. The number of carboxylic acids is 1. The molecule has 0 N–H and O–H groups in total. The zero-order valence-electron chi connectivity index (χ0n) is 7.99. The fourth-order valence-electron chi connectivity index (χ4n) is 1.38. The Balaban J connectivity index is 2.86. The number of carboxylic acid groups (broad SMARTS) is 1. The van der Waals surface area contributed by atoms with Crippen molar-refractivity contribution in [1.82, 2.24) is 4.57 Å². The average Bonchev–Trinajstić information content (AvgIpc) is 2.35. The maximum Gasteiger partial charge on any atom is 0.256 e. The number of imidazole rings is 1. The molecule has 1 aromatic rings. The zero-order valence-corrected chi connectivity index (χ0v) is 7.99. The lowest BCUT2D eigenvalue weighted by molar-refractivity contribution is -0.678. The van der Waals surface area contributed by atoms with Crippen LogP contribution in [-0.2, 0) is 24.8 Å². The van der Waals surface area contributed by atoms with Gasteiger partial charge in [0.15, 0.2) is 0 Å². The molecule has 4 heteroatoms. The second-order valence-corrected chi connectivity index (χ2v) is 3.08. The number of carbonyl (C=O) groups is 1. The molecule has 13 heavy (non-hydrogen) atoms. The van der Waals surface area contributed by atoms with Crippen molar-refractivity contribution in [2.45, 2.75) is 26.3 Å². The number of hydrogen-bond acceptors (Lipinski definition) is 2. The van der Waals surface area contributed by atoms with Gasteiger partial charge in [0, 0.05) is 6.42 Å². The fourth-order valence-corrected chi connectivity index (χ4v) is 1.38. The first kappa shape index (κ1) is 9.77. The Hall–Kier alpha value is -1.32. The van der Waals surface area contributed by atoms with Crippen molar-refractivity contribution in [1.29, 1.82) is 0 Å². The third-order valence-corrected chi connectivity index (χ3v) is 1.98. The van der Waals surface area contributed by atoms with E-state index in [4.69, 9.17) is 0 Å². The predicted octanol–water partition coefficient (Wildman–Crippen LogP) is -0.985. The number of aromatic nitrogens is 2. The van der Waals surface area contributed by atoms with Crippen LogP contribution in [0.4, 0.5) is 0 Å². The Bertz CT molecular complexity index is 305. The average molecular weight is 182 g/mol. The Labute approximate surface area is 77.4 Å². The van der Waals surface area contributed by atoms with E-state index in [0.29, 0.717) is 0 Å². The molecule has 0 spiro atoms. The van der Waals surface area contributed by atoms with E-state index in [1.165, 1.54) is 0 Å². The number of nitrogens with zero attached hydrogens (tertiary/aromatic N) is 2. The van der Waals surface area contributed by atoms with Gasteiger partial charge in [0.05, 0.1) is 13.0 Å². The van der Waals surface area contributed by atoms with E-state index in [1.807, 2.05) is 17.8 Å². The summed E-state index contributed by atoms with van der Waals surface area (Å²) in [6.45, 7) is 2.01. The van der Waals surface area contributed by atoms with Crippen LogP contribution in [0, 0.1) is 0 Å². The first-order valence-electron chi connectivity index (χ1n) is 4.38. The van der Waals surface area contributed by atoms with Crippen LogP contribution in [0.5, 0.6) is 0 Å². The van der Waals surface area contributed by atoms with E-state index in [0.717, 1.165) is 18.7 Å². The van der Waals surface area contributed by atoms with Crippen LogP contribution in [0.2, 0.25) is 0 Å². The van der Waals surface area contributed by atoms with Crippen LogP contribution >= 0.6 is 0 Å². The molecule has 0 aromatic carbocycles. The molecule has 1 heterocycles. The van der Waals surface area contributed by atoms with Gasteiger partial charge in [0.2, 0.25) is 0 Å². The molecule has 0 fully saturated rings. The van der Waals surface area contributed by atoms with E-state index in [9.17, 15) is 9.90 Å². The highest BCUT2D eigenvalue weighted by Gasteiger charge is 2.12. The fraction of sp³-hybridized carbons (Fsp3) is 0.556. The summed E-state index contributed by atoms with van der Waals surface area (Å²) in [7, 11) is 1.91. The first-order valence-corrected chi connectivity index (χ1v) is 4.38. The minimum Gasteiger partial charge on any atom is -0.546 e. The van der Waals surface area contributed by atoms with Gasteiger partial charge in [-0.2, -0.15) is 0 Å². The summed E-state index contributed by atoms with van der Waals surface area (Å²) in [6, 6.07) is 0. The van der Waals surface area contributed by atoms with Crippen molar-refractivity contribution in [3.05, 3.63) is 18.2 Å². The largest absolute Gasteiger partial charge is 0.546 e. The summed E-state index contributed by atoms with van der Waals surface area (Å²) < 4.78 is 3.64. The lowest BCUT2D eigenvalue weighted by Gasteiger charge is -2.01. The minimum absolute atomic E-state index is 0.0594. The molecule has 0 saturated heterocycles. The van der Waals surface area contributed by atoms with E-state index >= 15 is 0 Å². The molecule has 1 rings (SSSR count). The summed E-state index contributed by atoms with van der Waals surface area (Å²) in [5.41, 5.74) is 0. The minimum atomic E-state index is -1.05. The van der Waals surface area contributed by atoms with Crippen LogP contribution in [-0.4, -0.2) is 10.5 Å². The molecule has 0 unspecified atom stereocenters. The summed E-state index contributed by atoms with van der Waals surface area (Å²) >= 11 is 0. The second-order valence-electron chi connectivity index (χ2n) is 3.08. The van der Waals surface area contributed by atoms with Gasteiger partial charge in [-0.15, -0.1) is 0 Å². The maximum atomic E-state index is 10.4. The van der Waals surface area contributed by atoms with Crippen molar-refractivity contribution < 1.29 is 14.5 Å². The van der Waals surface area contributed by atoms with Gasteiger partial charge >= 0.3 is 0 Å². The van der Waals surface area contributed by atoms with Crippen LogP contribution in [0.15, 0.2) is 12.4 Å². The molecule has 72 valence electrons. The molecule has 4 nitrogen and oxygen atoms in total. The highest BCUT2D eigenvalue weighted by Crippen LogP contribution is 1.98. The van der Waals surface area contributed by atoms with E-state index in [1.54, 1.807) is 10.8 Å². The van der Waals surface area contributed by atoms with Gasteiger partial charge < -0.3 is 9.90 Å². The van der Waals surface area contributed by atoms with E-state index in [-0.39, 0.29) is 6.54 Å². The Morgan fingerprint density at radius 2 is 2.38 bits per heavy atom. The predicted molar refractivity (Wildman–Crippen MR) is 44.6 cm³/mol. The van der Waals surface area contributed by atoms with Gasteiger partial charge in [0.1, 0.15) is 18.9 Å². The molecule has 0 aliphatic heterocycles. The normalized spacial score (nSPS) is 10.3. The molecule has 0 amide bonds. The van der Waals surface area contributed by atoms with Gasteiger partial charge in [-0.3, -0.25) is 0 Å². The molecule has 0 aliphatic rings. The molecule has 0 saturated carbocycles. The monoisotopic (exact) mass is 182 g/mol. The first-order chi connectivity index (χ1) is 6.15. The summed E-state index contributed by atoms with van der Waals surface area (Å²) in [4.78, 5) is 10.4. The molecular weight excluding hydrogens is 168 g/mol. The Kier molecular flexibility index (Phi) is 3.06. The maximum absolute atomic E-state index is 10.4. The highest BCUT2D eigenvalue weighted by molar-refractivity contribution is 5.64. The summed E-state index contributed by atoms with van der Waals surface area (Å²) in [5, 5.41) is 10.4. The third-order valence-electron chi connectivity index (χ3n) is 1.98. The summed E-state index contributed by atoms with van der Waals surface area (Å²) in [6.07, 6.45) is 5.51. The highest BCUT2D eigenvalue weighted by atomic mass is 16.4. The summed E-state index contributed by atoms with van der Waals surface area (Å²) in [5.74, 6) is -0.0275. The molecular formula is C9H14N2O2. The second kappa shape index (κ2) is 4.07. The van der Waals surface area contributed by atoms with Crippen molar-refractivity contribution in [2.75, 3.05) is 0 Å². The van der Waals surface area contributed by atoms with Crippen LogP contribution < -0.4 is 9.67 Å². The van der Waals surface area contributed by atoms with Crippen LogP contribution in [0.25, 0.3) is 0 Å². The van der Waals surface area contributed by atoms with E-state index in [2.05, 4.69) is 6.92 Å². The molecule has 1 aromatic heterocycles. The van der Waals surface area contributed by atoms with Crippen molar-refractivity contribution in [3.63, 3.8) is 0 Å². The standard InChI is InChI=1S/C9H14N2O2/c1-3-4-8-10(2)5-6-11(8)7-9(12)13/h5-6H,3-4,7H2,1-2H3. The van der Waals surface area contributed by atoms with Crippen molar-refractivity contribution in [3.8, 4) is 0 Å². The van der Waals surface area contributed by atoms with Gasteiger partial charge in [-0.25, -0.2) is 9.13 Å². The van der Waals surface area contributed by atoms with Crippen molar-refractivity contribution >= 4 is 5.97 Å². The Morgan fingerprint density at radius 3 is 2.92 bits per heavy atom.